The van der Waals surface area contributed by atoms with Crippen LogP contribution in [0.2, 0.25) is 5.02 Å². The van der Waals surface area contributed by atoms with E-state index in [1.165, 1.54) is 19.1 Å². The number of nitrogen functional groups attached to an aromatic ring is 1. The van der Waals surface area contributed by atoms with E-state index in [1.807, 2.05) is 0 Å². The monoisotopic (exact) mass is 243 g/mol. The minimum atomic E-state index is -4.52. The predicted molar refractivity (Wildman–Crippen MR) is 48.6 cm³/mol. The second-order valence-electron chi connectivity index (χ2n) is 2.60. The Hall–Kier alpha value is 0.220. The van der Waals surface area contributed by atoms with Crippen LogP contribution in [0.3, 0.4) is 0 Å². The average Bonchev–Trinajstić information content (AvgIpc) is 1.78. The SMILES string of the molecule is Cc1cc(N)cc(Cl)c1S(=O)(=O)[O-].[Na+]. The van der Waals surface area contributed by atoms with E-state index in [9.17, 15) is 13.0 Å². The van der Waals surface area contributed by atoms with Gasteiger partial charge in [0.25, 0.3) is 0 Å². The first-order valence-electron chi connectivity index (χ1n) is 3.34. The smallest absolute Gasteiger partial charge is 0.744 e. The molecule has 0 aromatic heterocycles. The number of hydrogen-bond acceptors (Lipinski definition) is 4. The van der Waals surface area contributed by atoms with Crippen LogP contribution >= 0.6 is 11.6 Å². The van der Waals surface area contributed by atoms with Crippen molar-refractivity contribution in [3.63, 3.8) is 0 Å². The summed E-state index contributed by atoms with van der Waals surface area (Å²) in [6.45, 7) is 1.47. The molecular formula is C7H7ClNNaO3S. The Morgan fingerprint density at radius 3 is 2.29 bits per heavy atom. The molecule has 1 aromatic rings. The first kappa shape index (κ1) is 14.2. The van der Waals surface area contributed by atoms with Crippen LogP contribution in [0, 0.1) is 6.92 Å². The van der Waals surface area contributed by atoms with Crippen LogP contribution in [0.15, 0.2) is 17.0 Å². The summed E-state index contributed by atoms with van der Waals surface area (Å²) < 4.78 is 32.1. The fourth-order valence-corrected chi connectivity index (χ4v) is 2.38. The molecule has 0 unspecified atom stereocenters. The Kier molecular flexibility index (Phi) is 4.90. The molecule has 0 bridgehead atoms. The number of benzene rings is 1. The molecule has 0 amide bonds. The molecule has 0 aliphatic carbocycles. The third kappa shape index (κ3) is 3.12. The zero-order valence-corrected chi connectivity index (χ0v) is 11.3. The van der Waals surface area contributed by atoms with Crippen molar-refractivity contribution in [1.29, 1.82) is 0 Å². The molecule has 0 radical (unpaired) electrons. The van der Waals surface area contributed by atoms with Gasteiger partial charge in [-0.05, 0) is 24.6 Å². The predicted octanol–water partition coefficient (Wildman–Crippen LogP) is -1.86. The van der Waals surface area contributed by atoms with Crippen molar-refractivity contribution >= 4 is 27.4 Å². The minimum Gasteiger partial charge on any atom is -0.744 e. The number of anilines is 1. The Bertz CT molecular complexity index is 423. The van der Waals surface area contributed by atoms with E-state index in [0.29, 0.717) is 5.69 Å². The van der Waals surface area contributed by atoms with Crippen molar-refractivity contribution in [3.05, 3.63) is 22.7 Å². The Labute approximate surface area is 109 Å². The average molecular weight is 244 g/mol. The third-order valence-corrected chi connectivity index (χ3v) is 2.95. The van der Waals surface area contributed by atoms with Crippen LogP contribution in [-0.2, 0) is 10.1 Å². The normalized spacial score (nSPS) is 10.8. The molecule has 0 saturated heterocycles. The van der Waals surface area contributed by atoms with Crippen LogP contribution in [0.4, 0.5) is 5.69 Å². The summed E-state index contributed by atoms with van der Waals surface area (Å²) in [5.74, 6) is 0. The fraction of sp³-hybridized carbons (Fsp3) is 0.143. The van der Waals surface area contributed by atoms with Gasteiger partial charge in [-0.2, -0.15) is 0 Å². The van der Waals surface area contributed by atoms with E-state index in [-0.39, 0.29) is 40.1 Å². The molecule has 0 heterocycles. The van der Waals surface area contributed by atoms with Crippen molar-refractivity contribution < 1.29 is 42.5 Å². The summed E-state index contributed by atoms with van der Waals surface area (Å²) in [7, 11) is -4.52. The van der Waals surface area contributed by atoms with Gasteiger partial charge in [-0.25, -0.2) is 8.42 Å². The summed E-state index contributed by atoms with van der Waals surface area (Å²) in [6.07, 6.45) is 0. The van der Waals surface area contributed by atoms with Crippen molar-refractivity contribution in [2.24, 2.45) is 0 Å². The largest absolute Gasteiger partial charge is 1.00 e. The Morgan fingerprint density at radius 2 is 1.93 bits per heavy atom. The van der Waals surface area contributed by atoms with E-state index in [4.69, 9.17) is 17.3 Å². The summed E-state index contributed by atoms with van der Waals surface area (Å²) in [4.78, 5) is -0.400. The second-order valence-corrected chi connectivity index (χ2v) is 4.33. The van der Waals surface area contributed by atoms with Crippen LogP contribution in [0.5, 0.6) is 0 Å². The Balaban J connectivity index is 0.00000169. The molecule has 1 aromatic carbocycles. The molecule has 0 atom stereocenters. The van der Waals surface area contributed by atoms with Crippen LogP contribution in [0.25, 0.3) is 0 Å². The molecule has 1 rings (SSSR count). The summed E-state index contributed by atoms with van der Waals surface area (Å²) >= 11 is 5.56. The zero-order chi connectivity index (χ0) is 10.2. The standard InChI is InChI=1S/C7H8ClNO3S.Na/c1-4-2-5(9)3-6(8)7(4)13(10,11)12;/h2-3H,9H2,1H3,(H,10,11,12);/q;+1/p-1. The van der Waals surface area contributed by atoms with Gasteiger partial charge in [-0.1, -0.05) is 11.6 Å². The van der Waals surface area contributed by atoms with Gasteiger partial charge < -0.3 is 10.3 Å². The maximum Gasteiger partial charge on any atom is 1.00 e. The van der Waals surface area contributed by atoms with Gasteiger partial charge in [0.05, 0.1) is 9.92 Å². The van der Waals surface area contributed by atoms with Gasteiger partial charge in [0.2, 0.25) is 0 Å². The second kappa shape index (κ2) is 4.83. The molecule has 2 N–H and O–H groups in total. The van der Waals surface area contributed by atoms with Crippen molar-refractivity contribution in [2.75, 3.05) is 5.73 Å². The fourth-order valence-electron chi connectivity index (χ4n) is 1.07. The first-order chi connectivity index (χ1) is 5.82. The quantitative estimate of drug-likeness (QED) is 0.356. The number of aryl methyl sites for hydroxylation is 1. The number of rotatable bonds is 1. The zero-order valence-electron chi connectivity index (χ0n) is 7.74. The number of halogens is 1. The Morgan fingerprint density at radius 1 is 1.43 bits per heavy atom. The van der Waals surface area contributed by atoms with E-state index in [1.54, 1.807) is 0 Å². The van der Waals surface area contributed by atoms with E-state index < -0.39 is 15.0 Å². The minimum absolute atomic E-state index is 0. The van der Waals surface area contributed by atoms with Gasteiger partial charge in [0.15, 0.2) is 0 Å². The van der Waals surface area contributed by atoms with Crippen LogP contribution in [-0.4, -0.2) is 13.0 Å². The van der Waals surface area contributed by atoms with Gasteiger partial charge in [0.1, 0.15) is 10.1 Å². The van der Waals surface area contributed by atoms with Crippen molar-refractivity contribution in [3.8, 4) is 0 Å². The first-order valence-corrected chi connectivity index (χ1v) is 5.12. The molecule has 0 aliphatic rings. The summed E-state index contributed by atoms with van der Waals surface area (Å²) in [5, 5.41) is -0.132. The van der Waals surface area contributed by atoms with E-state index in [2.05, 4.69) is 0 Å². The molecule has 0 fully saturated rings. The molecule has 0 spiro atoms. The van der Waals surface area contributed by atoms with Gasteiger partial charge in [-0.15, -0.1) is 0 Å². The van der Waals surface area contributed by atoms with Crippen LogP contribution in [0.1, 0.15) is 5.56 Å². The molecular weight excluding hydrogens is 237 g/mol. The summed E-state index contributed by atoms with van der Waals surface area (Å²) in [5.41, 5.74) is 5.98. The van der Waals surface area contributed by atoms with Crippen LogP contribution < -0.4 is 35.3 Å². The van der Waals surface area contributed by atoms with E-state index >= 15 is 0 Å². The topological polar surface area (TPSA) is 83.2 Å². The number of nitrogens with two attached hydrogens (primary N) is 1. The maximum atomic E-state index is 10.7. The molecule has 0 saturated carbocycles. The van der Waals surface area contributed by atoms with Gasteiger partial charge in [0, 0.05) is 5.69 Å². The molecule has 0 aliphatic heterocycles. The molecule has 4 nitrogen and oxygen atoms in total. The molecule has 7 heteroatoms. The summed E-state index contributed by atoms with van der Waals surface area (Å²) in [6, 6.07) is 2.62. The van der Waals surface area contributed by atoms with Gasteiger partial charge in [-0.3, -0.25) is 0 Å². The number of hydrogen-bond donors (Lipinski definition) is 1. The third-order valence-electron chi connectivity index (χ3n) is 1.50. The molecule has 72 valence electrons. The van der Waals surface area contributed by atoms with Gasteiger partial charge >= 0.3 is 29.6 Å². The molecule has 14 heavy (non-hydrogen) atoms. The maximum absolute atomic E-state index is 10.7. The van der Waals surface area contributed by atoms with Crippen molar-refractivity contribution in [2.45, 2.75) is 11.8 Å². The van der Waals surface area contributed by atoms with E-state index in [0.717, 1.165) is 0 Å². The van der Waals surface area contributed by atoms with Crippen molar-refractivity contribution in [1.82, 2.24) is 0 Å².